The van der Waals surface area contributed by atoms with Crippen molar-refractivity contribution in [2.24, 2.45) is 0 Å². The molecule has 24 heavy (non-hydrogen) atoms. The predicted octanol–water partition coefficient (Wildman–Crippen LogP) is 0.562. The Labute approximate surface area is 133 Å². The van der Waals surface area contributed by atoms with Crippen LogP contribution in [-0.4, -0.2) is 31.9 Å². The molecule has 120 valence electrons. The summed E-state index contributed by atoms with van der Waals surface area (Å²) >= 11 is 0. The van der Waals surface area contributed by atoms with Crippen LogP contribution in [0.25, 0.3) is 11.0 Å². The van der Waals surface area contributed by atoms with E-state index >= 15 is 0 Å². The number of anilines is 1. The molecule has 0 spiro atoms. The maximum Gasteiger partial charge on any atom is 0.337 e. The standard InChI is InChI=1S/C15H10N4O5/c20-12(19-11-4-2-8(6-16-11)15(23)24)7-1-3-9-10(5-7)18-14(22)13(21)17-9/h1-6H,(H,17,21)(H,18,22)(H,23,24)(H,16,19,20). The number of rotatable bonds is 3. The van der Waals surface area contributed by atoms with Gasteiger partial charge in [-0.25, -0.2) is 9.78 Å². The maximum absolute atomic E-state index is 12.2. The second-order valence-electron chi connectivity index (χ2n) is 4.86. The maximum atomic E-state index is 12.2. The molecule has 0 atom stereocenters. The van der Waals surface area contributed by atoms with Gasteiger partial charge in [-0.15, -0.1) is 0 Å². The molecule has 0 fully saturated rings. The second-order valence-corrected chi connectivity index (χ2v) is 4.86. The van der Waals surface area contributed by atoms with Crippen molar-refractivity contribution in [3.63, 3.8) is 0 Å². The Bertz CT molecular complexity index is 1070. The van der Waals surface area contributed by atoms with E-state index in [1.807, 2.05) is 0 Å². The van der Waals surface area contributed by atoms with E-state index < -0.39 is 23.0 Å². The average molecular weight is 326 g/mol. The summed E-state index contributed by atoms with van der Waals surface area (Å²) in [6.07, 6.45) is 1.13. The summed E-state index contributed by atoms with van der Waals surface area (Å²) in [5, 5.41) is 11.3. The lowest BCUT2D eigenvalue weighted by molar-refractivity contribution is 0.0696. The Morgan fingerprint density at radius 2 is 1.62 bits per heavy atom. The monoisotopic (exact) mass is 326 g/mol. The number of nitrogens with one attached hydrogen (secondary N) is 3. The minimum Gasteiger partial charge on any atom is -0.478 e. The minimum absolute atomic E-state index is 0.000216. The van der Waals surface area contributed by atoms with Gasteiger partial charge in [-0.05, 0) is 30.3 Å². The van der Waals surface area contributed by atoms with Crippen LogP contribution in [0.4, 0.5) is 5.82 Å². The van der Waals surface area contributed by atoms with E-state index in [4.69, 9.17) is 5.11 Å². The fourth-order valence-electron chi connectivity index (χ4n) is 2.04. The smallest absolute Gasteiger partial charge is 0.337 e. The minimum atomic E-state index is -1.12. The third-order valence-corrected chi connectivity index (χ3v) is 3.24. The number of benzene rings is 1. The van der Waals surface area contributed by atoms with E-state index in [-0.39, 0.29) is 16.9 Å². The van der Waals surface area contributed by atoms with Crippen molar-refractivity contribution in [1.82, 2.24) is 15.0 Å². The Balaban J connectivity index is 1.88. The van der Waals surface area contributed by atoms with Gasteiger partial charge in [-0.1, -0.05) is 0 Å². The summed E-state index contributed by atoms with van der Waals surface area (Å²) in [5.41, 5.74) is -0.663. The van der Waals surface area contributed by atoms with Crippen molar-refractivity contribution in [3.8, 4) is 0 Å². The molecule has 2 aromatic heterocycles. The molecule has 0 radical (unpaired) electrons. The number of aromatic amines is 2. The second kappa shape index (κ2) is 5.80. The summed E-state index contributed by atoms with van der Waals surface area (Å²) in [4.78, 5) is 54.1. The molecule has 3 aromatic rings. The molecule has 0 unspecified atom stereocenters. The lowest BCUT2D eigenvalue weighted by Crippen LogP contribution is -2.29. The van der Waals surface area contributed by atoms with Gasteiger partial charge in [0.05, 0.1) is 16.6 Å². The molecular weight excluding hydrogens is 316 g/mol. The van der Waals surface area contributed by atoms with Crippen LogP contribution >= 0.6 is 0 Å². The van der Waals surface area contributed by atoms with Crippen LogP contribution in [-0.2, 0) is 0 Å². The van der Waals surface area contributed by atoms with E-state index in [1.54, 1.807) is 0 Å². The molecular formula is C15H10N4O5. The van der Waals surface area contributed by atoms with E-state index in [1.165, 1.54) is 30.3 Å². The molecule has 0 aliphatic heterocycles. The third-order valence-electron chi connectivity index (χ3n) is 3.24. The molecule has 0 aliphatic rings. The van der Waals surface area contributed by atoms with E-state index in [0.29, 0.717) is 11.0 Å². The van der Waals surface area contributed by atoms with Gasteiger partial charge in [0.1, 0.15) is 5.82 Å². The molecule has 0 aliphatic carbocycles. The number of aromatic carboxylic acids is 1. The molecule has 0 saturated heterocycles. The van der Waals surface area contributed by atoms with Gasteiger partial charge < -0.3 is 20.4 Å². The average Bonchev–Trinajstić information content (AvgIpc) is 2.56. The van der Waals surface area contributed by atoms with Gasteiger partial charge in [0.2, 0.25) is 0 Å². The lowest BCUT2D eigenvalue weighted by Gasteiger charge is -2.05. The Kier molecular flexibility index (Phi) is 3.66. The normalized spacial score (nSPS) is 10.5. The highest BCUT2D eigenvalue weighted by Crippen LogP contribution is 2.12. The van der Waals surface area contributed by atoms with Crippen LogP contribution in [0, 0.1) is 0 Å². The van der Waals surface area contributed by atoms with E-state index in [2.05, 4.69) is 20.3 Å². The first-order valence-corrected chi connectivity index (χ1v) is 6.71. The number of carbonyl (C=O) groups excluding carboxylic acids is 1. The SMILES string of the molecule is O=C(O)c1ccc(NC(=O)c2ccc3[nH]c(=O)c(=O)[nH]c3c2)nc1. The van der Waals surface area contributed by atoms with Crippen molar-refractivity contribution in [2.75, 3.05) is 5.32 Å². The number of hydrogen-bond donors (Lipinski definition) is 4. The Morgan fingerprint density at radius 1 is 0.958 bits per heavy atom. The van der Waals surface area contributed by atoms with Crippen molar-refractivity contribution in [1.29, 1.82) is 0 Å². The highest BCUT2D eigenvalue weighted by atomic mass is 16.4. The molecule has 3 rings (SSSR count). The van der Waals surface area contributed by atoms with Crippen molar-refractivity contribution in [2.45, 2.75) is 0 Å². The van der Waals surface area contributed by atoms with Crippen LogP contribution in [0.15, 0.2) is 46.1 Å². The summed E-state index contributed by atoms with van der Waals surface area (Å²) in [6.45, 7) is 0. The van der Waals surface area contributed by atoms with Crippen molar-refractivity contribution in [3.05, 3.63) is 68.4 Å². The number of carboxylic acid groups (broad SMARTS) is 1. The van der Waals surface area contributed by atoms with Crippen LogP contribution in [0.2, 0.25) is 0 Å². The predicted molar refractivity (Wildman–Crippen MR) is 84.3 cm³/mol. The number of hydrogen-bond acceptors (Lipinski definition) is 5. The Morgan fingerprint density at radius 3 is 2.25 bits per heavy atom. The van der Waals surface area contributed by atoms with Gasteiger partial charge in [-0.2, -0.15) is 0 Å². The fraction of sp³-hybridized carbons (Fsp3) is 0. The molecule has 2 heterocycles. The topological polar surface area (TPSA) is 145 Å². The molecule has 9 nitrogen and oxygen atoms in total. The summed E-state index contributed by atoms with van der Waals surface area (Å²) < 4.78 is 0. The number of pyridine rings is 1. The number of H-pyrrole nitrogens is 2. The number of carbonyl (C=O) groups is 2. The van der Waals surface area contributed by atoms with Crippen molar-refractivity contribution >= 4 is 28.7 Å². The number of aromatic nitrogens is 3. The first kappa shape index (κ1) is 15.2. The van der Waals surface area contributed by atoms with Gasteiger partial charge in [0, 0.05) is 11.8 Å². The van der Waals surface area contributed by atoms with Crippen LogP contribution in [0.3, 0.4) is 0 Å². The zero-order valence-electron chi connectivity index (χ0n) is 12.0. The number of nitrogens with zero attached hydrogens (tertiary/aromatic N) is 1. The molecule has 1 aromatic carbocycles. The van der Waals surface area contributed by atoms with E-state index in [0.717, 1.165) is 6.20 Å². The first-order valence-electron chi connectivity index (χ1n) is 6.71. The lowest BCUT2D eigenvalue weighted by atomic mass is 10.2. The first-order chi connectivity index (χ1) is 11.4. The largest absolute Gasteiger partial charge is 0.478 e. The van der Waals surface area contributed by atoms with E-state index in [9.17, 15) is 19.2 Å². The van der Waals surface area contributed by atoms with Gasteiger partial charge in [0.25, 0.3) is 5.91 Å². The van der Waals surface area contributed by atoms with Crippen LogP contribution in [0.1, 0.15) is 20.7 Å². The summed E-state index contributed by atoms with van der Waals surface area (Å²) in [5.74, 6) is -1.44. The van der Waals surface area contributed by atoms with Crippen LogP contribution in [0.5, 0.6) is 0 Å². The molecule has 4 N–H and O–H groups in total. The van der Waals surface area contributed by atoms with Gasteiger partial charge >= 0.3 is 17.1 Å². The highest BCUT2D eigenvalue weighted by Gasteiger charge is 2.10. The molecule has 9 heteroatoms. The zero-order chi connectivity index (χ0) is 17.3. The molecule has 1 amide bonds. The molecule has 0 bridgehead atoms. The van der Waals surface area contributed by atoms with Gasteiger partial charge in [-0.3, -0.25) is 14.4 Å². The summed E-state index contributed by atoms with van der Waals surface area (Å²) in [7, 11) is 0. The Hall–Kier alpha value is -3.75. The quantitative estimate of drug-likeness (QED) is 0.517. The van der Waals surface area contributed by atoms with Gasteiger partial charge in [0.15, 0.2) is 0 Å². The zero-order valence-corrected chi connectivity index (χ0v) is 12.0. The third kappa shape index (κ3) is 2.90. The van der Waals surface area contributed by atoms with Crippen LogP contribution < -0.4 is 16.4 Å². The fourth-order valence-corrected chi connectivity index (χ4v) is 2.04. The highest BCUT2D eigenvalue weighted by molar-refractivity contribution is 6.05. The van der Waals surface area contributed by atoms with Crippen molar-refractivity contribution < 1.29 is 14.7 Å². The number of carboxylic acids is 1. The number of amides is 1. The summed E-state index contributed by atoms with van der Waals surface area (Å²) in [6, 6.07) is 7.04. The molecule has 0 saturated carbocycles. The number of fused-ring (bicyclic) bond motifs is 1.